The lowest BCUT2D eigenvalue weighted by Gasteiger charge is -2.34. The van der Waals surface area contributed by atoms with Crippen LogP contribution in [0.25, 0.3) is 0 Å². The monoisotopic (exact) mass is 320 g/mol. The summed E-state index contributed by atoms with van der Waals surface area (Å²) in [7, 11) is 0. The Hall–Kier alpha value is -2.64. The van der Waals surface area contributed by atoms with Crippen molar-refractivity contribution in [1.82, 2.24) is 10.2 Å². The average molecular weight is 320 g/mol. The Kier molecular flexibility index (Phi) is 5.51. The van der Waals surface area contributed by atoms with Gasteiger partial charge in [0, 0.05) is 25.7 Å². The highest BCUT2D eigenvalue weighted by Crippen LogP contribution is 2.28. The first-order valence-corrected chi connectivity index (χ1v) is 7.55. The van der Waals surface area contributed by atoms with Crippen LogP contribution in [-0.4, -0.2) is 54.4 Å². The second-order valence-corrected chi connectivity index (χ2v) is 5.33. The maximum absolute atomic E-state index is 12.2. The molecule has 23 heavy (non-hydrogen) atoms. The van der Waals surface area contributed by atoms with Crippen LogP contribution >= 0.6 is 0 Å². The molecule has 0 radical (unpaired) electrons. The summed E-state index contributed by atoms with van der Waals surface area (Å²) in [4.78, 5) is 37.7. The fourth-order valence-electron chi connectivity index (χ4n) is 2.46. The highest BCUT2D eigenvalue weighted by atomic mass is 16.6. The van der Waals surface area contributed by atoms with Crippen LogP contribution in [0.15, 0.2) is 24.3 Å². The van der Waals surface area contributed by atoms with E-state index < -0.39 is 4.92 Å². The van der Waals surface area contributed by atoms with E-state index in [2.05, 4.69) is 5.32 Å². The van der Waals surface area contributed by atoms with Crippen LogP contribution in [0.3, 0.4) is 0 Å². The molecular formula is C15H20N4O4. The van der Waals surface area contributed by atoms with E-state index in [-0.39, 0.29) is 30.6 Å². The third kappa shape index (κ3) is 4.18. The third-order valence-electron chi connectivity index (χ3n) is 3.64. The second-order valence-electron chi connectivity index (χ2n) is 5.33. The molecule has 0 atom stereocenters. The molecule has 1 saturated heterocycles. The van der Waals surface area contributed by atoms with Gasteiger partial charge in [-0.25, -0.2) is 0 Å². The summed E-state index contributed by atoms with van der Waals surface area (Å²) in [5.41, 5.74) is 0.412. The van der Waals surface area contributed by atoms with E-state index in [1.165, 1.54) is 11.0 Å². The van der Waals surface area contributed by atoms with Gasteiger partial charge in [0.05, 0.1) is 18.0 Å². The molecule has 1 aliphatic heterocycles. The number of hydrogen-bond donors (Lipinski definition) is 1. The summed E-state index contributed by atoms with van der Waals surface area (Å²) in [5, 5.41) is 13.8. The Morgan fingerprint density at radius 2 is 2.09 bits per heavy atom. The smallest absolute Gasteiger partial charge is 0.292 e. The Morgan fingerprint density at radius 3 is 2.74 bits per heavy atom. The second kappa shape index (κ2) is 7.57. The van der Waals surface area contributed by atoms with E-state index >= 15 is 0 Å². The molecule has 8 nitrogen and oxygen atoms in total. The number of nitrogens with zero attached hydrogens (tertiary/aromatic N) is 3. The van der Waals surface area contributed by atoms with Crippen LogP contribution in [-0.2, 0) is 9.59 Å². The van der Waals surface area contributed by atoms with Crippen LogP contribution in [0.5, 0.6) is 0 Å². The minimum atomic E-state index is -0.454. The molecule has 1 aromatic carbocycles. The van der Waals surface area contributed by atoms with Gasteiger partial charge in [0.25, 0.3) is 5.69 Å². The van der Waals surface area contributed by atoms with Crippen molar-refractivity contribution in [2.75, 3.05) is 37.6 Å². The first-order chi connectivity index (χ1) is 11.0. The number of nitro benzene ring substituents is 1. The fourth-order valence-corrected chi connectivity index (χ4v) is 2.46. The summed E-state index contributed by atoms with van der Waals surface area (Å²) in [6.07, 6.45) is 0.838. The Labute approximate surface area is 134 Å². The maximum Gasteiger partial charge on any atom is 0.292 e. The molecule has 124 valence electrons. The van der Waals surface area contributed by atoms with E-state index in [9.17, 15) is 19.7 Å². The SMILES string of the molecule is CCCNC(=O)CN1CCN(c2ccccc2[N+](=O)[O-])CC1=O. The molecule has 2 rings (SSSR count). The number of piperazine rings is 1. The largest absolute Gasteiger partial charge is 0.355 e. The highest BCUT2D eigenvalue weighted by Gasteiger charge is 2.28. The van der Waals surface area contributed by atoms with Gasteiger partial charge in [0.15, 0.2) is 0 Å². The predicted octanol–water partition coefficient (Wildman–Crippen LogP) is 0.770. The molecule has 0 bridgehead atoms. The minimum absolute atomic E-state index is 0.0190. The van der Waals surface area contributed by atoms with E-state index in [4.69, 9.17) is 0 Å². The first kappa shape index (κ1) is 16.7. The number of benzene rings is 1. The lowest BCUT2D eigenvalue weighted by atomic mass is 10.2. The van der Waals surface area contributed by atoms with Crippen molar-refractivity contribution in [1.29, 1.82) is 0 Å². The number of carbonyl (C=O) groups excluding carboxylic acids is 2. The van der Waals surface area contributed by atoms with Gasteiger partial charge in [-0.2, -0.15) is 0 Å². The van der Waals surface area contributed by atoms with Crippen molar-refractivity contribution in [2.45, 2.75) is 13.3 Å². The van der Waals surface area contributed by atoms with Gasteiger partial charge >= 0.3 is 0 Å². The fraction of sp³-hybridized carbons (Fsp3) is 0.467. The zero-order valence-electron chi connectivity index (χ0n) is 13.0. The summed E-state index contributed by atoms with van der Waals surface area (Å²) in [6, 6.07) is 6.36. The summed E-state index contributed by atoms with van der Waals surface area (Å²) in [5.74, 6) is -0.389. The van der Waals surface area contributed by atoms with E-state index in [0.29, 0.717) is 25.3 Å². The van der Waals surface area contributed by atoms with Crippen LogP contribution in [0.1, 0.15) is 13.3 Å². The van der Waals surface area contributed by atoms with Gasteiger partial charge in [-0.1, -0.05) is 19.1 Å². The van der Waals surface area contributed by atoms with Crippen LogP contribution in [0.4, 0.5) is 11.4 Å². The number of nitro groups is 1. The molecule has 1 aliphatic rings. The number of carbonyl (C=O) groups is 2. The summed E-state index contributed by atoms with van der Waals surface area (Å²) in [6.45, 7) is 3.43. The first-order valence-electron chi connectivity index (χ1n) is 7.55. The Balaban J connectivity index is 2.00. The van der Waals surface area contributed by atoms with Crippen LogP contribution in [0.2, 0.25) is 0 Å². The number of amides is 2. The number of para-hydroxylation sites is 2. The van der Waals surface area contributed by atoms with Crippen molar-refractivity contribution in [2.24, 2.45) is 0 Å². The van der Waals surface area contributed by atoms with Crippen molar-refractivity contribution in [3.63, 3.8) is 0 Å². The number of anilines is 1. The highest BCUT2D eigenvalue weighted by molar-refractivity contribution is 5.88. The zero-order chi connectivity index (χ0) is 16.8. The normalized spacial score (nSPS) is 14.7. The molecule has 0 saturated carbocycles. The lowest BCUT2D eigenvalue weighted by Crippen LogP contribution is -2.53. The van der Waals surface area contributed by atoms with E-state index in [1.807, 2.05) is 6.92 Å². The molecule has 1 fully saturated rings. The van der Waals surface area contributed by atoms with Gasteiger partial charge < -0.3 is 15.1 Å². The predicted molar refractivity (Wildman–Crippen MR) is 85.2 cm³/mol. The van der Waals surface area contributed by atoms with Crippen molar-refractivity contribution < 1.29 is 14.5 Å². The Morgan fingerprint density at radius 1 is 1.35 bits per heavy atom. The molecule has 1 heterocycles. The van der Waals surface area contributed by atoms with Crippen molar-refractivity contribution >= 4 is 23.2 Å². The third-order valence-corrected chi connectivity index (χ3v) is 3.64. The van der Waals surface area contributed by atoms with Gasteiger partial charge in [-0.3, -0.25) is 19.7 Å². The van der Waals surface area contributed by atoms with Gasteiger partial charge in [0.1, 0.15) is 5.69 Å². The van der Waals surface area contributed by atoms with E-state index in [1.54, 1.807) is 23.1 Å². The molecule has 2 amide bonds. The standard InChI is InChI=1S/C15H20N4O4/c1-2-7-16-14(20)10-18-9-8-17(11-15(18)21)12-5-3-4-6-13(12)19(22)23/h3-6H,2,7-11H2,1H3,(H,16,20). The van der Waals surface area contributed by atoms with Crippen molar-refractivity contribution in [3.05, 3.63) is 34.4 Å². The summed E-state index contributed by atoms with van der Waals surface area (Å²) >= 11 is 0. The number of rotatable bonds is 6. The average Bonchev–Trinajstić information content (AvgIpc) is 2.54. The molecule has 0 aliphatic carbocycles. The van der Waals surface area contributed by atoms with E-state index in [0.717, 1.165) is 6.42 Å². The molecule has 1 N–H and O–H groups in total. The van der Waals surface area contributed by atoms with Gasteiger partial charge in [0.2, 0.25) is 11.8 Å². The van der Waals surface area contributed by atoms with Gasteiger partial charge in [-0.05, 0) is 12.5 Å². The zero-order valence-corrected chi connectivity index (χ0v) is 13.0. The van der Waals surface area contributed by atoms with Crippen LogP contribution in [0, 0.1) is 10.1 Å². The molecule has 1 aromatic rings. The van der Waals surface area contributed by atoms with Crippen LogP contribution < -0.4 is 10.2 Å². The van der Waals surface area contributed by atoms with Gasteiger partial charge in [-0.15, -0.1) is 0 Å². The molecule has 0 unspecified atom stereocenters. The quantitative estimate of drug-likeness (QED) is 0.617. The Bertz CT molecular complexity index is 605. The minimum Gasteiger partial charge on any atom is -0.355 e. The lowest BCUT2D eigenvalue weighted by molar-refractivity contribution is -0.384. The summed E-state index contributed by atoms with van der Waals surface area (Å²) < 4.78 is 0. The number of hydrogen-bond acceptors (Lipinski definition) is 5. The number of nitrogens with one attached hydrogen (secondary N) is 1. The topological polar surface area (TPSA) is 95.8 Å². The molecule has 0 spiro atoms. The molecule has 0 aromatic heterocycles. The van der Waals surface area contributed by atoms with Crippen molar-refractivity contribution in [3.8, 4) is 0 Å². The molecular weight excluding hydrogens is 300 g/mol. The maximum atomic E-state index is 12.2. The molecule has 8 heteroatoms.